The van der Waals surface area contributed by atoms with Gasteiger partial charge in [-0.1, -0.05) is 263 Å². The SMILES string of the molecule is CCCCCCCCCCCCCCOc1cc(C(=O)N2CCC(c3cc(C)c(NC(=O)c4cc([N+](=O)[O-])c[nH]4)c(C)c3)(c3cc(C)c(N(C)C(=O)c4c(F)cccc4F)c(C)c3)CC2)cc(OCCCCCCCCCCCCCC)c1OCCCCCCCCCCCCCC. The molecule has 1 aliphatic rings. The lowest BCUT2D eigenvalue weighted by Gasteiger charge is -2.44. The first-order valence-corrected chi connectivity index (χ1v) is 38.5. The van der Waals surface area contributed by atoms with E-state index in [1.54, 1.807) is 0 Å². The molecule has 2 N–H and O–H groups in total. The second-order valence-corrected chi connectivity index (χ2v) is 28.3. The van der Waals surface area contributed by atoms with Crippen LogP contribution in [0.25, 0.3) is 0 Å². The summed E-state index contributed by atoms with van der Waals surface area (Å²) in [4.78, 5) is 59.8. The van der Waals surface area contributed by atoms with Crippen molar-refractivity contribution < 1.29 is 42.3 Å². The van der Waals surface area contributed by atoms with E-state index < -0.39 is 39.4 Å². The van der Waals surface area contributed by atoms with Crippen molar-refractivity contribution in [1.82, 2.24) is 9.88 Å². The normalized spacial score (nSPS) is 12.9. The third kappa shape index (κ3) is 25.4. The van der Waals surface area contributed by atoms with Crippen LogP contribution in [0.15, 0.2) is 66.9 Å². The van der Waals surface area contributed by atoms with Crippen LogP contribution in [0.3, 0.4) is 0 Å². The van der Waals surface area contributed by atoms with Gasteiger partial charge in [0.2, 0.25) is 5.75 Å². The molecule has 0 bridgehead atoms. The summed E-state index contributed by atoms with van der Waals surface area (Å²) in [7, 11) is 1.53. The molecule has 6 rings (SSSR count). The lowest BCUT2D eigenvalue weighted by Crippen LogP contribution is -2.46. The number of carbonyl (C=O) groups is 3. The summed E-state index contributed by atoms with van der Waals surface area (Å²) in [5, 5.41) is 14.5. The van der Waals surface area contributed by atoms with E-state index in [2.05, 4.69) is 43.2 Å². The number of likely N-dealkylation sites (tertiary alicyclic amines) is 1. The molecule has 3 amide bonds. The minimum atomic E-state index is -0.944. The van der Waals surface area contributed by atoms with E-state index in [4.69, 9.17) is 14.2 Å². The smallest absolute Gasteiger partial charge is 0.287 e. The minimum absolute atomic E-state index is 0.0498. The molecule has 1 fully saturated rings. The van der Waals surface area contributed by atoms with Gasteiger partial charge in [-0.3, -0.25) is 24.5 Å². The van der Waals surface area contributed by atoms with Gasteiger partial charge in [0.25, 0.3) is 23.4 Å². The molecule has 542 valence electrons. The molecule has 1 aromatic heterocycles. The molecule has 0 atom stereocenters. The average molecular weight is 1360 g/mol. The van der Waals surface area contributed by atoms with Crippen LogP contribution in [-0.4, -0.2) is 72.5 Å². The molecule has 0 aliphatic carbocycles. The standard InChI is InChI=1S/C83H123F2N5O8/c1-9-12-15-18-21-24-27-30-33-36-39-42-52-96-74-59-67(60-75(97-53-43-40-37-34-31-28-25-22-19-16-13-10-2)79(74)98-54-44-41-38-35-32-29-26-23-20-17-14-11-3)81(92)89-50-48-83(49-51-89,68-55-63(4)77(64(5)56-68)87-80(91)73-61-70(62-86-73)90(94)95)69-57-65(6)78(66(7)58-69)88(8)82(93)76-71(84)46-45-47-72(76)85/h45-47,55-62,86H,9-44,48-54H2,1-8H3,(H,87,91). The van der Waals surface area contributed by atoms with Crippen molar-refractivity contribution in [3.63, 3.8) is 0 Å². The number of nitrogens with one attached hydrogen (secondary N) is 2. The number of hydrogen-bond acceptors (Lipinski definition) is 8. The second-order valence-electron chi connectivity index (χ2n) is 28.3. The van der Waals surface area contributed by atoms with Crippen molar-refractivity contribution in [2.45, 2.75) is 298 Å². The van der Waals surface area contributed by atoms with Crippen LogP contribution in [0.4, 0.5) is 25.8 Å². The highest BCUT2D eigenvalue weighted by Gasteiger charge is 2.41. The summed E-state index contributed by atoms with van der Waals surface area (Å²) in [5.74, 6) is -1.73. The van der Waals surface area contributed by atoms with E-state index in [9.17, 15) is 19.7 Å². The zero-order valence-electron chi connectivity index (χ0n) is 61.6. The number of aromatic nitrogens is 1. The Morgan fingerprint density at radius 3 is 1.29 bits per heavy atom. The van der Waals surface area contributed by atoms with Crippen molar-refractivity contribution in [2.75, 3.05) is 50.2 Å². The number of aromatic amines is 1. The molecule has 1 aliphatic heterocycles. The van der Waals surface area contributed by atoms with Crippen LogP contribution in [0, 0.1) is 49.4 Å². The number of nitrogens with zero attached hydrogens (tertiary/aromatic N) is 3. The maximum Gasteiger partial charge on any atom is 0.287 e. The number of unbranched alkanes of at least 4 members (excludes halogenated alkanes) is 33. The fourth-order valence-electron chi connectivity index (χ4n) is 14.4. The first-order chi connectivity index (χ1) is 47.5. The highest BCUT2D eigenvalue weighted by Crippen LogP contribution is 2.47. The monoisotopic (exact) mass is 1360 g/mol. The third-order valence-electron chi connectivity index (χ3n) is 20.2. The van der Waals surface area contributed by atoms with Gasteiger partial charge in [0, 0.05) is 48.6 Å². The summed E-state index contributed by atoms with van der Waals surface area (Å²) < 4.78 is 50.6. The highest BCUT2D eigenvalue weighted by atomic mass is 19.1. The molecule has 0 radical (unpaired) electrons. The quantitative estimate of drug-likeness (QED) is 0.0221. The minimum Gasteiger partial charge on any atom is -0.490 e. The Morgan fingerprint density at radius 2 is 0.908 bits per heavy atom. The Kier molecular flexibility index (Phi) is 36.3. The predicted molar refractivity (Wildman–Crippen MR) is 398 cm³/mol. The number of benzene rings is 4. The van der Waals surface area contributed by atoms with Gasteiger partial charge >= 0.3 is 0 Å². The van der Waals surface area contributed by atoms with Gasteiger partial charge in [0.1, 0.15) is 22.9 Å². The number of carbonyl (C=O) groups excluding carboxylic acids is 3. The third-order valence-corrected chi connectivity index (χ3v) is 20.2. The van der Waals surface area contributed by atoms with Gasteiger partial charge in [-0.25, -0.2) is 8.78 Å². The largest absolute Gasteiger partial charge is 0.490 e. The Hall–Kier alpha value is -6.77. The second kappa shape index (κ2) is 44.4. The van der Waals surface area contributed by atoms with Gasteiger partial charge in [-0.05, 0) is 117 Å². The Balaban J connectivity index is 1.27. The first-order valence-electron chi connectivity index (χ1n) is 38.5. The molecular weight excluding hydrogens is 1230 g/mol. The number of H-pyrrole nitrogens is 1. The van der Waals surface area contributed by atoms with E-state index >= 15 is 13.6 Å². The van der Waals surface area contributed by atoms with Crippen LogP contribution in [0.5, 0.6) is 17.2 Å². The average Bonchev–Trinajstić information content (AvgIpc) is 0.781. The number of halogens is 2. The number of aryl methyl sites for hydroxylation is 4. The molecule has 0 spiro atoms. The zero-order valence-corrected chi connectivity index (χ0v) is 61.6. The number of piperidine rings is 1. The Labute approximate surface area is 588 Å². The van der Waals surface area contributed by atoms with Gasteiger partial charge < -0.3 is 34.3 Å². The lowest BCUT2D eigenvalue weighted by molar-refractivity contribution is -0.384. The van der Waals surface area contributed by atoms with Crippen molar-refractivity contribution >= 4 is 34.8 Å². The van der Waals surface area contributed by atoms with E-state index in [-0.39, 0.29) is 17.3 Å². The van der Waals surface area contributed by atoms with E-state index in [1.807, 2.05) is 56.9 Å². The molecule has 1 saturated heterocycles. The summed E-state index contributed by atoms with van der Waals surface area (Å²) >= 11 is 0. The fraction of sp³-hybridized carbons (Fsp3) is 0.627. The van der Waals surface area contributed by atoms with E-state index in [0.29, 0.717) is 79.9 Å². The van der Waals surface area contributed by atoms with Gasteiger partial charge in [-0.15, -0.1) is 0 Å². The molecule has 0 saturated carbocycles. The molecule has 0 unspecified atom stereocenters. The van der Waals surface area contributed by atoms with E-state index in [1.165, 1.54) is 210 Å². The summed E-state index contributed by atoms with van der Waals surface area (Å²) in [6.45, 7) is 16.7. The van der Waals surface area contributed by atoms with Crippen LogP contribution >= 0.6 is 0 Å². The fourth-order valence-corrected chi connectivity index (χ4v) is 14.4. The van der Waals surface area contributed by atoms with Gasteiger partial charge in [0.15, 0.2) is 11.5 Å². The van der Waals surface area contributed by atoms with Crippen LogP contribution < -0.4 is 24.4 Å². The summed E-state index contributed by atoms with van der Waals surface area (Å²) in [6.07, 6.45) is 46.8. The Bertz CT molecular complexity index is 3090. The molecular formula is C83H123F2N5O8. The molecule has 13 nitrogen and oxygen atoms in total. The first kappa shape index (κ1) is 80.2. The number of ether oxygens (including phenoxy) is 3. The number of amides is 3. The maximum absolute atomic E-state index is 15.4. The number of hydrogen-bond donors (Lipinski definition) is 2. The predicted octanol–water partition coefficient (Wildman–Crippen LogP) is 23.4. The topological polar surface area (TPSA) is 156 Å². The summed E-state index contributed by atoms with van der Waals surface area (Å²) in [6, 6.07) is 16.5. The van der Waals surface area contributed by atoms with Crippen molar-refractivity contribution in [3.8, 4) is 17.2 Å². The van der Waals surface area contributed by atoms with Crippen molar-refractivity contribution in [1.29, 1.82) is 0 Å². The van der Waals surface area contributed by atoms with Crippen molar-refractivity contribution in [2.24, 2.45) is 0 Å². The molecule has 5 aromatic rings. The van der Waals surface area contributed by atoms with Crippen LogP contribution in [0.2, 0.25) is 0 Å². The van der Waals surface area contributed by atoms with Crippen molar-refractivity contribution in [3.05, 3.63) is 139 Å². The molecule has 2 heterocycles. The lowest BCUT2D eigenvalue weighted by atomic mass is 9.66. The van der Waals surface area contributed by atoms with Gasteiger partial charge in [-0.2, -0.15) is 0 Å². The molecule has 4 aromatic carbocycles. The summed E-state index contributed by atoms with van der Waals surface area (Å²) in [5.41, 5.74) is 4.91. The van der Waals surface area contributed by atoms with Crippen LogP contribution in [-0.2, 0) is 5.41 Å². The Morgan fingerprint density at radius 1 is 0.541 bits per heavy atom. The van der Waals surface area contributed by atoms with E-state index in [0.717, 1.165) is 96.9 Å². The highest BCUT2D eigenvalue weighted by molar-refractivity contribution is 6.07. The number of anilines is 2. The number of nitro groups is 1. The van der Waals surface area contributed by atoms with Crippen LogP contribution in [0.1, 0.15) is 329 Å². The van der Waals surface area contributed by atoms with Gasteiger partial charge in [0.05, 0.1) is 30.9 Å². The number of rotatable bonds is 50. The maximum atomic E-state index is 15.4. The zero-order chi connectivity index (χ0) is 70.5. The molecule has 98 heavy (non-hydrogen) atoms. The molecule has 15 heteroatoms.